The normalized spacial score (nSPS) is 10.8. The standard InChI is InChI=1S/C21H24N4O4S/c1-4-9-22-16(26)11-25-12-24-20-17(21(25)28)13(2)18(30-20)19(27)23-10-14-7-5-6-8-15(14)29-3/h5-8,12H,4,9-11H2,1-3H3,(H,22,26)(H,23,27). The number of aryl methyl sites for hydroxylation is 1. The largest absolute Gasteiger partial charge is 0.496 e. The summed E-state index contributed by atoms with van der Waals surface area (Å²) in [7, 11) is 1.58. The minimum absolute atomic E-state index is 0.105. The lowest BCUT2D eigenvalue weighted by Crippen LogP contribution is -2.32. The zero-order valence-corrected chi connectivity index (χ0v) is 18.0. The summed E-state index contributed by atoms with van der Waals surface area (Å²) >= 11 is 1.16. The molecule has 0 unspecified atom stereocenters. The molecule has 0 aliphatic rings. The summed E-state index contributed by atoms with van der Waals surface area (Å²) in [6, 6.07) is 7.44. The van der Waals surface area contributed by atoms with Crippen LogP contribution in [0.5, 0.6) is 5.75 Å². The van der Waals surface area contributed by atoms with Crippen molar-refractivity contribution in [2.45, 2.75) is 33.4 Å². The third-order valence-corrected chi connectivity index (χ3v) is 5.84. The SMILES string of the molecule is CCCNC(=O)Cn1cnc2sc(C(=O)NCc3ccccc3OC)c(C)c2c1=O. The third-order valence-electron chi connectivity index (χ3n) is 4.64. The molecule has 0 aliphatic carbocycles. The summed E-state index contributed by atoms with van der Waals surface area (Å²) in [5.41, 5.74) is 1.09. The van der Waals surface area contributed by atoms with E-state index >= 15 is 0 Å². The van der Waals surface area contributed by atoms with Crippen LogP contribution in [0.4, 0.5) is 0 Å². The van der Waals surface area contributed by atoms with Crippen LogP contribution in [0.15, 0.2) is 35.4 Å². The monoisotopic (exact) mass is 428 g/mol. The predicted octanol–water partition coefficient (Wildman–Crippen LogP) is 2.23. The number of hydrogen-bond acceptors (Lipinski definition) is 6. The van der Waals surface area contributed by atoms with Crippen LogP contribution in [-0.2, 0) is 17.9 Å². The highest BCUT2D eigenvalue weighted by molar-refractivity contribution is 7.20. The van der Waals surface area contributed by atoms with Crippen molar-refractivity contribution in [2.75, 3.05) is 13.7 Å². The summed E-state index contributed by atoms with van der Waals surface area (Å²) in [5.74, 6) is 0.160. The van der Waals surface area contributed by atoms with E-state index in [2.05, 4.69) is 15.6 Å². The molecule has 0 spiro atoms. The molecule has 3 rings (SSSR count). The number of methoxy groups -OCH3 is 1. The fourth-order valence-electron chi connectivity index (χ4n) is 3.07. The number of benzene rings is 1. The first-order valence-electron chi connectivity index (χ1n) is 9.61. The average Bonchev–Trinajstić information content (AvgIpc) is 3.09. The van der Waals surface area contributed by atoms with Crippen LogP contribution in [0.3, 0.4) is 0 Å². The number of para-hydroxylation sites is 1. The summed E-state index contributed by atoms with van der Waals surface area (Å²) in [6.07, 6.45) is 2.16. The Kier molecular flexibility index (Phi) is 6.83. The van der Waals surface area contributed by atoms with Gasteiger partial charge >= 0.3 is 0 Å². The summed E-state index contributed by atoms with van der Waals surface area (Å²) in [6.45, 7) is 4.42. The van der Waals surface area contributed by atoms with Crippen molar-refractivity contribution in [2.24, 2.45) is 0 Å². The lowest BCUT2D eigenvalue weighted by molar-refractivity contribution is -0.121. The minimum Gasteiger partial charge on any atom is -0.496 e. The van der Waals surface area contributed by atoms with E-state index in [1.54, 1.807) is 14.0 Å². The molecule has 0 fully saturated rings. The van der Waals surface area contributed by atoms with Crippen LogP contribution >= 0.6 is 11.3 Å². The Morgan fingerprint density at radius 2 is 2.00 bits per heavy atom. The molecule has 0 bridgehead atoms. The number of carbonyl (C=O) groups excluding carboxylic acids is 2. The smallest absolute Gasteiger partial charge is 0.262 e. The minimum atomic E-state index is -0.329. The van der Waals surface area contributed by atoms with E-state index in [-0.39, 0.29) is 23.9 Å². The number of aromatic nitrogens is 2. The van der Waals surface area contributed by atoms with Crippen molar-refractivity contribution in [3.8, 4) is 5.75 Å². The molecule has 2 amide bonds. The van der Waals surface area contributed by atoms with Gasteiger partial charge in [0.25, 0.3) is 11.5 Å². The molecule has 0 radical (unpaired) electrons. The third kappa shape index (κ3) is 4.51. The topological polar surface area (TPSA) is 102 Å². The van der Waals surface area contributed by atoms with E-state index in [4.69, 9.17) is 4.74 Å². The highest BCUT2D eigenvalue weighted by Gasteiger charge is 2.20. The highest BCUT2D eigenvalue weighted by Crippen LogP contribution is 2.27. The van der Waals surface area contributed by atoms with Crippen LogP contribution in [0.25, 0.3) is 10.2 Å². The Labute approximate surface area is 177 Å². The van der Waals surface area contributed by atoms with Crippen molar-refractivity contribution in [3.05, 3.63) is 57.0 Å². The molecule has 0 saturated carbocycles. The summed E-state index contributed by atoms with van der Waals surface area (Å²) in [5, 5.41) is 5.98. The first-order valence-corrected chi connectivity index (χ1v) is 10.4. The van der Waals surface area contributed by atoms with Crippen molar-refractivity contribution in [1.29, 1.82) is 0 Å². The second kappa shape index (κ2) is 9.53. The van der Waals surface area contributed by atoms with Crippen molar-refractivity contribution < 1.29 is 14.3 Å². The second-order valence-corrected chi connectivity index (χ2v) is 7.76. The van der Waals surface area contributed by atoms with Crippen molar-refractivity contribution in [1.82, 2.24) is 20.2 Å². The number of rotatable bonds is 8. The number of nitrogens with one attached hydrogen (secondary N) is 2. The fraction of sp³-hybridized carbons (Fsp3) is 0.333. The molecule has 158 valence electrons. The first-order chi connectivity index (χ1) is 14.5. The van der Waals surface area contributed by atoms with E-state index in [0.29, 0.717) is 39.5 Å². The zero-order chi connectivity index (χ0) is 21.7. The van der Waals surface area contributed by atoms with Gasteiger partial charge in [0, 0.05) is 18.7 Å². The van der Waals surface area contributed by atoms with Gasteiger partial charge in [0.15, 0.2) is 0 Å². The number of nitrogens with zero attached hydrogens (tertiary/aromatic N) is 2. The van der Waals surface area contributed by atoms with Gasteiger partial charge in [-0.05, 0) is 25.0 Å². The molecule has 30 heavy (non-hydrogen) atoms. The molecular formula is C21H24N4O4S. The van der Waals surface area contributed by atoms with Crippen LogP contribution in [0.2, 0.25) is 0 Å². The van der Waals surface area contributed by atoms with Gasteiger partial charge in [-0.25, -0.2) is 4.98 Å². The number of amides is 2. The van der Waals surface area contributed by atoms with Crippen LogP contribution in [0, 0.1) is 6.92 Å². The Hall–Kier alpha value is -3.20. The van der Waals surface area contributed by atoms with Gasteiger partial charge in [0.05, 0.1) is 23.7 Å². The molecular weight excluding hydrogens is 404 g/mol. The molecule has 0 saturated heterocycles. The fourth-order valence-corrected chi connectivity index (χ4v) is 4.12. The van der Waals surface area contributed by atoms with E-state index < -0.39 is 0 Å². The zero-order valence-electron chi connectivity index (χ0n) is 17.2. The summed E-state index contributed by atoms with van der Waals surface area (Å²) in [4.78, 5) is 42.8. The second-order valence-electron chi connectivity index (χ2n) is 6.76. The van der Waals surface area contributed by atoms with Gasteiger partial charge in [-0.1, -0.05) is 25.1 Å². The van der Waals surface area contributed by atoms with E-state index in [1.807, 2.05) is 31.2 Å². The molecule has 2 aromatic heterocycles. The van der Waals surface area contributed by atoms with Gasteiger partial charge in [0.1, 0.15) is 17.1 Å². The number of carbonyl (C=O) groups is 2. The van der Waals surface area contributed by atoms with Gasteiger partial charge in [0.2, 0.25) is 5.91 Å². The molecule has 1 aromatic carbocycles. The lowest BCUT2D eigenvalue weighted by Gasteiger charge is -2.09. The van der Waals surface area contributed by atoms with Crippen LogP contribution in [0.1, 0.15) is 34.1 Å². The molecule has 9 heteroatoms. The van der Waals surface area contributed by atoms with E-state index in [0.717, 1.165) is 23.3 Å². The Morgan fingerprint density at radius 1 is 1.23 bits per heavy atom. The number of ether oxygens (including phenoxy) is 1. The van der Waals surface area contributed by atoms with E-state index in [9.17, 15) is 14.4 Å². The molecule has 0 aliphatic heterocycles. The maximum absolute atomic E-state index is 12.9. The van der Waals surface area contributed by atoms with Gasteiger partial charge in [-0.2, -0.15) is 0 Å². The molecule has 2 heterocycles. The number of thiophene rings is 1. The van der Waals surface area contributed by atoms with E-state index in [1.165, 1.54) is 10.9 Å². The van der Waals surface area contributed by atoms with Crippen LogP contribution in [-0.4, -0.2) is 35.0 Å². The maximum Gasteiger partial charge on any atom is 0.262 e. The summed E-state index contributed by atoms with van der Waals surface area (Å²) < 4.78 is 6.57. The Morgan fingerprint density at radius 3 is 2.73 bits per heavy atom. The number of fused-ring (bicyclic) bond motifs is 1. The maximum atomic E-state index is 12.9. The molecule has 2 N–H and O–H groups in total. The van der Waals surface area contributed by atoms with Crippen molar-refractivity contribution >= 4 is 33.4 Å². The lowest BCUT2D eigenvalue weighted by atomic mass is 10.2. The highest BCUT2D eigenvalue weighted by atomic mass is 32.1. The number of hydrogen-bond donors (Lipinski definition) is 2. The van der Waals surface area contributed by atoms with Crippen molar-refractivity contribution in [3.63, 3.8) is 0 Å². The molecule has 8 nitrogen and oxygen atoms in total. The Balaban J connectivity index is 1.82. The molecule has 0 atom stereocenters. The quantitative estimate of drug-likeness (QED) is 0.573. The average molecular weight is 429 g/mol. The van der Waals surface area contributed by atoms with Gasteiger partial charge in [-0.3, -0.25) is 19.0 Å². The Bertz CT molecular complexity index is 1140. The van der Waals surface area contributed by atoms with Gasteiger partial charge < -0.3 is 15.4 Å². The van der Waals surface area contributed by atoms with Crippen LogP contribution < -0.4 is 20.9 Å². The van der Waals surface area contributed by atoms with Gasteiger partial charge in [-0.15, -0.1) is 11.3 Å². The first kappa shape index (κ1) is 21.5. The predicted molar refractivity (Wildman–Crippen MR) is 116 cm³/mol. The molecule has 3 aromatic rings.